The van der Waals surface area contributed by atoms with E-state index in [2.05, 4.69) is 10.0 Å². The highest BCUT2D eigenvalue weighted by Gasteiger charge is 2.25. The quantitative estimate of drug-likeness (QED) is 0.406. The van der Waals surface area contributed by atoms with Gasteiger partial charge >= 0.3 is 0 Å². The molecule has 0 spiro atoms. The number of carbonyl (C=O) groups excluding carboxylic acids is 2. The maximum atomic E-state index is 13.2. The van der Waals surface area contributed by atoms with Crippen LogP contribution in [-0.4, -0.2) is 78.0 Å². The number of anilines is 1. The normalized spacial score (nSPS) is 14.1. The Morgan fingerprint density at radius 2 is 1.85 bits per heavy atom. The lowest BCUT2D eigenvalue weighted by molar-refractivity contribution is 0.0300. The monoisotopic (exact) mass is 493 g/mol. The highest BCUT2D eigenvalue weighted by Crippen LogP contribution is 2.27. The van der Waals surface area contributed by atoms with Crippen LogP contribution >= 0.6 is 11.8 Å². The summed E-state index contributed by atoms with van der Waals surface area (Å²) in [5.41, 5.74) is 0.641. The number of amides is 2. The number of morpholine rings is 1. The predicted molar refractivity (Wildman–Crippen MR) is 126 cm³/mol. The van der Waals surface area contributed by atoms with Crippen LogP contribution in [0.4, 0.5) is 5.69 Å². The Balaban J connectivity index is 1.88. The molecule has 0 aromatic heterocycles. The molecule has 1 aliphatic rings. The Morgan fingerprint density at radius 1 is 1.12 bits per heavy atom. The van der Waals surface area contributed by atoms with Crippen LogP contribution in [-0.2, 0) is 19.5 Å². The summed E-state index contributed by atoms with van der Waals surface area (Å²) in [7, 11) is -2.54. The summed E-state index contributed by atoms with van der Waals surface area (Å²) in [6, 6.07) is 10.8. The van der Waals surface area contributed by atoms with Crippen LogP contribution in [0.25, 0.3) is 0 Å². The maximum absolute atomic E-state index is 13.2. The Labute approximate surface area is 197 Å². The van der Waals surface area contributed by atoms with E-state index in [-0.39, 0.29) is 22.1 Å². The third kappa shape index (κ3) is 6.26. The van der Waals surface area contributed by atoms with Crippen molar-refractivity contribution in [2.24, 2.45) is 0 Å². The molecule has 0 bridgehead atoms. The molecule has 9 nitrogen and oxygen atoms in total. The van der Waals surface area contributed by atoms with Gasteiger partial charge in [0.05, 0.1) is 41.5 Å². The third-order valence-corrected chi connectivity index (χ3v) is 7.18. The molecule has 2 amide bonds. The predicted octanol–water partition coefficient (Wildman–Crippen LogP) is 2.06. The molecular weight excluding hydrogens is 466 g/mol. The minimum absolute atomic E-state index is 0.0634. The number of carbonyl (C=O) groups is 2. The molecule has 1 heterocycles. The van der Waals surface area contributed by atoms with Crippen molar-refractivity contribution in [2.45, 2.75) is 9.79 Å². The van der Waals surface area contributed by atoms with Gasteiger partial charge in [0.15, 0.2) is 0 Å². The second-order valence-corrected chi connectivity index (χ2v) is 9.70. The second-order valence-electron chi connectivity index (χ2n) is 7.17. The molecule has 2 aromatic carbocycles. The number of hydrogen-bond acceptors (Lipinski definition) is 7. The van der Waals surface area contributed by atoms with Gasteiger partial charge in [-0.2, -0.15) is 0 Å². The highest BCUT2D eigenvalue weighted by molar-refractivity contribution is 7.98. The molecule has 0 radical (unpaired) electrons. The molecule has 11 heteroatoms. The van der Waals surface area contributed by atoms with Gasteiger partial charge in [-0.05, 0) is 36.6 Å². The molecule has 2 N–H and O–H groups in total. The van der Waals surface area contributed by atoms with Crippen LogP contribution in [0, 0.1) is 0 Å². The number of para-hydroxylation sites is 1. The van der Waals surface area contributed by atoms with Gasteiger partial charge in [0, 0.05) is 31.6 Å². The average molecular weight is 494 g/mol. The van der Waals surface area contributed by atoms with Crippen LogP contribution in [0.5, 0.6) is 0 Å². The smallest absolute Gasteiger partial charge is 0.261 e. The standard InChI is InChI=1S/C22H27N3O6S2/c1-30-12-9-23-21(26)17-5-3-4-6-19(17)24-33(28,29)16-7-8-20(32-2)18(15-16)22(27)25-10-13-31-14-11-25/h3-8,15,24H,9-14H2,1-2H3,(H,23,26). The number of sulfonamides is 1. The first kappa shape index (κ1) is 25.0. The van der Waals surface area contributed by atoms with Crippen molar-refractivity contribution < 1.29 is 27.5 Å². The first-order valence-electron chi connectivity index (χ1n) is 10.3. The molecule has 0 unspecified atom stereocenters. The van der Waals surface area contributed by atoms with Crippen molar-refractivity contribution in [1.29, 1.82) is 0 Å². The fourth-order valence-corrected chi connectivity index (χ4v) is 4.97. The summed E-state index contributed by atoms with van der Waals surface area (Å²) in [5.74, 6) is -0.663. The van der Waals surface area contributed by atoms with Crippen LogP contribution in [0.1, 0.15) is 20.7 Å². The Bertz CT molecular complexity index is 1100. The number of hydrogen-bond donors (Lipinski definition) is 2. The van der Waals surface area contributed by atoms with E-state index >= 15 is 0 Å². The van der Waals surface area contributed by atoms with Crippen molar-refractivity contribution in [1.82, 2.24) is 10.2 Å². The molecule has 1 fully saturated rings. The fourth-order valence-electron chi connectivity index (χ4n) is 3.29. The number of benzene rings is 2. The molecule has 0 aliphatic carbocycles. The molecule has 0 atom stereocenters. The average Bonchev–Trinajstić information content (AvgIpc) is 2.84. The van der Waals surface area contributed by atoms with Crippen LogP contribution in [0.3, 0.4) is 0 Å². The SMILES string of the molecule is COCCNC(=O)c1ccccc1NS(=O)(=O)c1ccc(SC)c(C(=O)N2CCOCC2)c1. The Morgan fingerprint density at radius 3 is 2.55 bits per heavy atom. The van der Waals surface area contributed by atoms with E-state index in [1.807, 2.05) is 6.26 Å². The van der Waals surface area contributed by atoms with Gasteiger partial charge in [-0.15, -0.1) is 11.8 Å². The van der Waals surface area contributed by atoms with Crippen molar-refractivity contribution in [3.63, 3.8) is 0 Å². The van der Waals surface area contributed by atoms with Gasteiger partial charge in [0.25, 0.3) is 21.8 Å². The Hall–Kier alpha value is -2.60. The number of methoxy groups -OCH3 is 1. The number of nitrogens with zero attached hydrogens (tertiary/aromatic N) is 1. The number of ether oxygens (including phenoxy) is 2. The maximum Gasteiger partial charge on any atom is 0.261 e. The van der Waals surface area contributed by atoms with E-state index in [1.54, 1.807) is 23.1 Å². The summed E-state index contributed by atoms with van der Waals surface area (Å²) in [4.78, 5) is 27.8. The largest absolute Gasteiger partial charge is 0.383 e. The molecular formula is C22H27N3O6S2. The third-order valence-electron chi connectivity index (χ3n) is 5.02. The minimum atomic E-state index is -4.07. The highest BCUT2D eigenvalue weighted by atomic mass is 32.2. The topological polar surface area (TPSA) is 114 Å². The van der Waals surface area contributed by atoms with E-state index in [0.29, 0.717) is 49.9 Å². The van der Waals surface area contributed by atoms with Gasteiger partial charge in [0.2, 0.25) is 0 Å². The zero-order chi connectivity index (χ0) is 23.8. The Kier molecular flexibility index (Phi) is 8.73. The molecule has 0 saturated carbocycles. The van der Waals surface area contributed by atoms with Crippen molar-refractivity contribution in [3.05, 3.63) is 53.6 Å². The van der Waals surface area contributed by atoms with E-state index in [4.69, 9.17) is 9.47 Å². The fraction of sp³-hybridized carbons (Fsp3) is 0.364. The van der Waals surface area contributed by atoms with Gasteiger partial charge in [-0.25, -0.2) is 8.42 Å². The van der Waals surface area contributed by atoms with Gasteiger partial charge in [-0.3, -0.25) is 14.3 Å². The van der Waals surface area contributed by atoms with Gasteiger partial charge in [-0.1, -0.05) is 12.1 Å². The second kappa shape index (κ2) is 11.5. The number of rotatable bonds is 9. The molecule has 1 saturated heterocycles. The minimum Gasteiger partial charge on any atom is -0.383 e. The van der Waals surface area contributed by atoms with Crippen molar-refractivity contribution >= 4 is 39.3 Å². The van der Waals surface area contributed by atoms with E-state index in [1.165, 1.54) is 43.1 Å². The van der Waals surface area contributed by atoms with Crippen molar-refractivity contribution in [3.8, 4) is 0 Å². The summed E-state index contributed by atoms with van der Waals surface area (Å²) in [5, 5.41) is 2.68. The summed E-state index contributed by atoms with van der Waals surface area (Å²) in [6.07, 6.45) is 1.83. The summed E-state index contributed by atoms with van der Waals surface area (Å²) >= 11 is 1.37. The molecule has 2 aromatic rings. The van der Waals surface area contributed by atoms with Gasteiger partial charge in [0.1, 0.15) is 0 Å². The molecule has 1 aliphatic heterocycles. The van der Waals surface area contributed by atoms with Gasteiger partial charge < -0.3 is 19.7 Å². The zero-order valence-electron chi connectivity index (χ0n) is 18.5. The molecule has 3 rings (SSSR count). The number of nitrogens with one attached hydrogen (secondary N) is 2. The molecule has 33 heavy (non-hydrogen) atoms. The first-order chi connectivity index (χ1) is 15.9. The number of thioether (sulfide) groups is 1. The summed E-state index contributed by atoms with van der Waals surface area (Å²) in [6.45, 7) is 2.42. The van der Waals surface area contributed by atoms with Crippen LogP contribution < -0.4 is 10.0 Å². The zero-order valence-corrected chi connectivity index (χ0v) is 20.1. The first-order valence-corrected chi connectivity index (χ1v) is 13.0. The molecule has 178 valence electrons. The van der Waals surface area contributed by atoms with Crippen LogP contribution in [0.2, 0.25) is 0 Å². The lowest BCUT2D eigenvalue weighted by Gasteiger charge is -2.27. The summed E-state index contributed by atoms with van der Waals surface area (Å²) < 4.78 is 39.1. The lowest BCUT2D eigenvalue weighted by Crippen LogP contribution is -2.41. The lowest BCUT2D eigenvalue weighted by atomic mass is 10.1. The van der Waals surface area contributed by atoms with Crippen LogP contribution in [0.15, 0.2) is 52.3 Å². The van der Waals surface area contributed by atoms with E-state index in [9.17, 15) is 18.0 Å². The van der Waals surface area contributed by atoms with E-state index < -0.39 is 15.9 Å². The van der Waals surface area contributed by atoms with E-state index in [0.717, 1.165) is 0 Å². The van der Waals surface area contributed by atoms with Crippen molar-refractivity contribution in [2.75, 3.05) is 57.5 Å².